The molecule has 0 aromatic carbocycles. The molecule has 0 radical (unpaired) electrons. The number of carbonyl (C=O) groups is 2. The summed E-state index contributed by atoms with van der Waals surface area (Å²) in [5.74, 6) is 0.254. The summed E-state index contributed by atoms with van der Waals surface area (Å²) in [4.78, 5) is 24.9. The first kappa shape index (κ1) is 15.3. The quantitative estimate of drug-likeness (QED) is 0.699. The van der Waals surface area contributed by atoms with Gasteiger partial charge in [0.1, 0.15) is 0 Å². The zero-order valence-electron chi connectivity index (χ0n) is 10.9. The van der Waals surface area contributed by atoms with Crippen LogP contribution >= 0.6 is 11.8 Å². The maximum Gasteiger partial charge on any atom is 0.240 e. The van der Waals surface area contributed by atoms with Gasteiger partial charge in [0.25, 0.3) is 0 Å². The van der Waals surface area contributed by atoms with E-state index in [4.69, 9.17) is 11.5 Å². The van der Waals surface area contributed by atoms with Gasteiger partial charge in [0.2, 0.25) is 11.8 Å². The van der Waals surface area contributed by atoms with Gasteiger partial charge in [0, 0.05) is 6.04 Å². The van der Waals surface area contributed by atoms with E-state index < -0.39 is 11.9 Å². The predicted molar refractivity (Wildman–Crippen MR) is 74.1 cm³/mol. The predicted octanol–water partition coefficient (Wildman–Crippen LogP) is 0.323. The minimum Gasteiger partial charge on any atom is -0.368 e. The van der Waals surface area contributed by atoms with Gasteiger partial charge in [-0.1, -0.05) is 12.8 Å². The molecule has 104 valence electrons. The summed E-state index contributed by atoms with van der Waals surface area (Å²) < 4.78 is 0. The number of rotatable bonds is 7. The third-order valence-corrected chi connectivity index (χ3v) is 3.97. The molecule has 0 aliphatic heterocycles. The Kier molecular flexibility index (Phi) is 6.49. The Morgan fingerprint density at radius 1 is 1.39 bits per heavy atom. The fraction of sp³-hybridized carbons (Fsp3) is 0.833. The number of hydrogen-bond acceptors (Lipinski definition) is 4. The fourth-order valence-corrected chi connectivity index (χ4v) is 2.84. The number of nitrogens with zero attached hydrogens (tertiary/aromatic N) is 1. The topological polar surface area (TPSA) is 89.4 Å². The molecule has 1 fully saturated rings. The third kappa shape index (κ3) is 4.49. The zero-order chi connectivity index (χ0) is 13.5. The molecule has 0 spiro atoms. The number of thioether (sulfide) groups is 1. The van der Waals surface area contributed by atoms with Crippen LogP contribution in [0.2, 0.25) is 0 Å². The molecule has 1 atom stereocenters. The molecule has 18 heavy (non-hydrogen) atoms. The molecular weight excluding hydrogens is 250 g/mol. The van der Waals surface area contributed by atoms with E-state index in [0.29, 0.717) is 6.42 Å². The highest BCUT2D eigenvalue weighted by molar-refractivity contribution is 7.98. The Hall–Kier alpha value is -0.750. The second-order valence-electron chi connectivity index (χ2n) is 4.76. The molecule has 1 aliphatic carbocycles. The van der Waals surface area contributed by atoms with Gasteiger partial charge in [-0.2, -0.15) is 11.8 Å². The first-order valence-electron chi connectivity index (χ1n) is 6.39. The number of primary amides is 1. The van der Waals surface area contributed by atoms with Crippen molar-refractivity contribution in [3.05, 3.63) is 0 Å². The van der Waals surface area contributed by atoms with E-state index in [1.54, 1.807) is 16.7 Å². The molecule has 0 aromatic rings. The molecule has 1 rings (SSSR count). The summed E-state index contributed by atoms with van der Waals surface area (Å²) in [7, 11) is 0. The molecule has 0 aromatic heterocycles. The molecule has 6 heteroatoms. The van der Waals surface area contributed by atoms with E-state index in [0.717, 1.165) is 31.4 Å². The van der Waals surface area contributed by atoms with Crippen LogP contribution in [0, 0.1) is 0 Å². The van der Waals surface area contributed by atoms with Gasteiger partial charge in [-0.3, -0.25) is 9.59 Å². The molecule has 0 bridgehead atoms. The van der Waals surface area contributed by atoms with Gasteiger partial charge in [0.05, 0.1) is 12.6 Å². The van der Waals surface area contributed by atoms with Crippen LogP contribution < -0.4 is 11.5 Å². The van der Waals surface area contributed by atoms with E-state index in [1.807, 2.05) is 6.26 Å². The Balaban J connectivity index is 2.62. The maximum atomic E-state index is 12.3. The average molecular weight is 273 g/mol. The second kappa shape index (κ2) is 7.63. The van der Waals surface area contributed by atoms with Crippen LogP contribution in [0.1, 0.15) is 32.1 Å². The molecule has 2 amide bonds. The van der Waals surface area contributed by atoms with Gasteiger partial charge in [-0.25, -0.2) is 0 Å². The number of nitrogens with two attached hydrogens (primary N) is 2. The lowest BCUT2D eigenvalue weighted by Gasteiger charge is -2.30. The van der Waals surface area contributed by atoms with Gasteiger partial charge in [-0.05, 0) is 31.3 Å². The highest BCUT2D eigenvalue weighted by atomic mass is 32.2. The molecule has 0 saturated heterocycles. The maximum absolute atomic E-state index is 12.3. The SMILES string of the molecule is CSCC[C@H](N)C(=O)N(CC(N)=O)C1CCCC1. The van der Waals surface area contributed by atoms with Crippen LogP contribution in [0.25, 0.3) is 0 Å². The van der Waals surface area contributed by atoms with E-state index in [2.05, 4.69) is 0 Å². The summed E-state index contributed by atoms with van der Waals surface area (Å²) >= 11 is 1.66. The van der Waals surface area contributed by atoms with Crippen LogP contribution in [-0.2, 0) is 9.59 Å². The average Bonchev–Trinajstić information content (AvgIpc) is 2.85. The molecule has 0 unspecified atom stereocenters. The van der Waals surface area contributed by atoms with Gasteiger partial charge in [-0.15, -0.1) is 0 Å². The van der Waals surface area contributed by atoms with Crippen LogP contribution in [0.15, 0.2) is 0 Å². The number of hydrogen-bond donors (Lipinski definition) is 2. The molecule has 0 heterocycles. The molecule has 4 N–H and O–H groups in total. The van der Waals surface area contributed by atoms with Crippen LogP contribution in [0.4, 0.5) is 0 Å². The van der Waals surface area contributed by atoms with Crippen molar-refractivity contribution in [2.24, 2.45) is 11.5 Å². The smallest absolute Gasteiger partial charge is 0.240 e. The van der Waals surface area contributed by atoms with Crippen molar-refractivity contribution < 1.29 is 9.59 Å². The van der Waals surface area contributed by atoms with Crippen molar-refractivity contribution in [2.75, 3.05) is 18.6 Å². The lowest BCUT2D eigenvalue weighted by molar-refractivity contribution is -0.138. The van der Waals surface area contributed by atoms with E-state index in [9.17, 15) is 9.59 Å². The summed E-state index contributed by atoms with van der Waals surface area (Å²) in [6.45, 7) is -0.00350. The standard InChI is InChI=1S/C12H23N3O2S/c1-18-7-6-10(13)12(17)15(8-11(14)16)9-4-2-3-5-9/h9-10H,2-8,13H2,1H3,(H2,14,16)/t10-/m0/s1. The van der Waals surface area contributed by atoms with E-state index in [1.165, 1.54) is 0 Å². The normalized spacial score (nSPS) is 17.7. The highest BCUT2D eigenvalue weighted by Crippen LogP contribution is 2.24. The molecule has 5 nitrogen and oxygen atoms in total. The lowest BCUT2D eigenvalue weighted by atomic mass is 10.1. The first-order valence-corrected chi connectivity index (χ1v) is 7.79. The van der Waals surface area contributed by atoms with Crippen molar-refractivity contribution in [3.63, 3.8) is 0 Å². The van der Waals surface area contributed by atoms with Crippen LogP contribution in [-0.4, -0.2) is 47.4 Å². The van der Waals surface area contributed by atoms with E-state index >= 15 is 0 Å². The zero-order valence-corrected chi connectivity index (χ0v) is 11.7. The van der Waals surface area contributed by atoms with Crippen LogP contribution in [0.5, 0.6) is 0 Å². The number of carbonyl (C=O) groups excluding carboxylic acids is 2. The van der Waals surface area contributed by atoms with Crippen molar-refractivity contribution in [1.82, 2.24) is 4.90 Å². The Morgan fingerprint density at radius 2 is 2.00 bits per heavy atom. The minimum atomic E-state index is -0.516. The van der Waals surface area contributed by atoms with Crippen molar-refractivity contribution >= 4 is 23.6 Å². The van der Waals surface area contributed by atoms with Crippen molar-refractivity contribution in [3.8, 4) is 0 Å². The van der Waals surface area contributed by atoms with E-state index in [-0.39, 0.29) is 18.5 Å². The summed E-state index contributed by atoms with van der Waals surface area (Å²) in [5.41, 5.74) is 11.1. The highest BCUT2D eigenvalue weighted by Gasteiger charge is 2.30. The lowest BCUT2D eigenvalue weighted by Crippen LogP contribution is -2.51. The molecule has 1 saturated carbocycles. The summed E-state index contributed by atoms with van der Waals surface area (Å²) in [5, 5.41) is 0. The molecular formula is C12H23N3O2S. The van der Waals surface area contributed by atoms with Crippen molar-refractivity contribution in [1.29, 1.82) is 0 Å². The minimum absolute atomic E-state index is 0.00350. The number of amides is 2. The van der Waals surface area contributed by atoms with Crippen molar-refractivity contribution in [2.45, 2.75) is 44.2 Å². The first-order chi connectivity index (χ1) is 8.56. The fourth-order valence-electron chi connectivity index (χ4n) is 2.35. The Morgan fingerprint density at radius 3 is 2.50 bits per heavy atom. The van der Waals surface area contributed by atoms with Crippen LogP contribution in [0.3, 0.4) is 0 Å². The Bertz CT molecular complexity index is 293. The summed E-state index contributed by atoms with van der Waals surface area (Å²) in [6.07, 6.45) is 6.74. The second-order valence-corrected chi connectivity index (χ2v) is 5.74. The van der Waals surface area contributed by atoms with Gasteiger partial charge < -0.3 is 16.4 Å². The van der Waals surface area contributed by atoms with Gasteiger partial charge >= 0.3 is 0 Å². The van der Waals surface area contributed by atoms with Gasteiger partial charge in [0.15, 0.2) is 0 Å². The summed E-state index contributed by atoms with van der Waals surface area (Å²) in [6, 6.07) is -0.372. The largest absolute Gasteiger partial charge is 0.368 e. The monoisotopic (exact) mass is 273 g/mol. The Labute approximate surface area is 113 Å². The molecule has 1 aliphatic rings. The third-order valence-electron chi connectivity index (χ3n) is 3.32.